The first-order valence-electron chi connectivity index (χ1n) is 8.30. The monoisotopic (exact) mass is 416 g/mol. The highest BCUT2D eigenvalue weighted by molar-refractivity contribution is 8.01. The molecule has 28 heavy (non-hydrogen) atoms. The molecule has 2 aromatic carbocycles. The van der Waals surface area contributed by atoms with Gasteiger partial charge in [-0.05, 0) is 50.2 Å². The number of amides is 2. The van der Waals surface area contributed by atoms with Crippen LogP contribution in [-0.2, 0) is 4.79 Å². The van der Waals surface area contributed by atoms with E-state index in [1.54, 1.807) is 12.1 Å². The van der Waals surface area contributed by atoms with E-state index in [1.165, 1.54) is 47.4 Å². The second-order valence-electron chi connectivity index (χ2n) is 6.05. The lowest BCUT2D eigenvalue weighted by molar-refractivity contribution is -0.113. The van der Waals surface area contributed by atoms with E-state index in [4.69, 9.17) is 0 Å². The number of anilines is 2. The summed E-state index contributed by atoms with van der Waals surface area (Å²) in [7, 11) is 0. The summed E-state index contributed by atoms with van der Waals surface area (Å²) in [5, 5.41) is 13.7. The summed E-state index contributed by atoms with van der Waals surface area (Å²) in [6, 6.07) is 11.1. The van der Waals surface area contributed by atoms with Crippen molar-refractivity contribution in [2.75, 3.05) is 16.4 Å². The summed E-state index contributed by atoms with van der Waals surface area (Å²) in [5.74, 6) is -0.741. The fourth-order valence-corrected chi connectivity index (χ4v) is 4.00. The van der Waals surface area contributed by atoms with Gasteiger partial charge in [-0.1, -0.05) is 40.3 Å². The maximum atomic E-state index is 12.9. The van der Waals surface area contributed by atoms with E-state index in [0.29, 0.717) is 20.7 Å². The molecule has 144 valence electrons. The van der Waals surface area contributed by atoms with Crippen molar-refractivity contribution < 1.29 is 14.0 Å². The lowest BCUT2D eigenvalue weighted by atomic mass is 10.1. The molecule has 1 heterocycles. The number of carbonyl (C=O) groups is 2. The topological polar surface area (TPSA) is 84.0 Å². The Morgan fingerprint density at radius 2 is 1.71 bits per heavy atom. The van der Waals surface area contributed by atoms with E-state index in [2.05, 4.69) is 20.8 Å². The molecule has 0 saturated heterocycles. The number of rotatable bonds is 6. The molecule has 0 bridgehead atoms. The van der Waals surface area contributed by atoms with Gasteiger partial charge >= 0.3 is 0 Å². The van der Waals surface area contributed by atoms with E-state index < -0.39 is 0 Å². The Kier molecular flexibility index (Phi) is 6.37. The highest BCUT2D eigenvalue weighted by atomic mass is 32.2. The minimum Gasteiger partial charge on any atom is -0.325 e. The van der Waals surface area contributed by atoms with Crippen molar-refractivity contribution in [1.29, 1.82) is 0 Å². The van der Waals surface area contributed by atoms with Gasteiger partial charge in [0.05, 0.1) is 5.75 Å². The highest BCUT2D eigenvalue weighted by Gasteiger charge is 2.12. The zero-order chi connectivity index (χ0) is 20.1. The molecule has 2 amide bonds. The number of hydrogen-bond acceptors (Lipinski definition) is 6. The van der Waals surface area contributed by atoms with E-state index in [0.717, 1.165) is 11.1 Å². The molecular formula is C19H17FN4O2S2. The van der Waals surface area contributed by atoms with E-state index in [9.17, 15) is 14.0 Å². The van der Waals surface area contributed by atoms with E-state index in [-0.39, 0.29) is 23.4 Å². The van der Waals surface area contributed by atoms with Gasteiger partial charge in [-0.15, -0.1) is 10.2 Å². The van der Waals surface area contributed by atoms with Crippen LogP contribution >= 0.6 is 23.1 Å². The number of hydrogen-bond donors (Lipinski definition) is 2. The number of carbonyl (C=O) groups excluding carboxylic acids is 2. The number of nitrogens with one attached hydrogen (secondary N) is 2. The SMILES string of the molecule is Cc1cc(C)cc(C(=O)Nc2nnc(SCC(=O)Nc3ccc(F)cc3)s2)c1. The van der Waals surface area contributed by atoms with Crippen LogP contribution in [-0.4, -0.2) is 27.8 Å². The van der Waals surface area contributed by atoms with E-state index >= 15 is 0 Å². The molecule has 0 aliphatic rings. The van der Waals surface area contributed by atoms with Gasteiger partial charge in [-0.3, -0.25) is 14.9 Å². The van der Waals surface area contributed by atoms with Crippen molar-refractivity contribution >= 4 is 45.7 Å². The van der Waals surface area contributed by atoms with Crippen LogP contribution < -0.4 is 10.6 Å². The number of aromatic nitrogens is 2. The highest BCUT2D eigenvalue weighted by Crippen LogP contribution is 2.26. The van der Waals surface area contributed by atoms with Crippen LogP contribution in [0.3, 0.4) is 0 Å². The van der Waals surface area contributed by atoms with Crippen molar-refractivity contribution in [3.63, 3.8) is 0 Å². The minimum absolute atomic E-state index is 0.122. The Bertz CT molecular complexity index is 985. The summed E-state index contributed by atoms with van der Waals surface area (Å²) in [5.41, 5.74) is 3.09. The molecular weight excluding hydrogens is 399 g/mol. The predicted molar refractivity (Wildman–Crippen MR) is 110 cm³/mol. The molecule has 3 rings (SSSR count). The molecule has 0 aliphatic heterocycles. The smallest absolute Gasteiger partial charge is 0.257 e. The molecule has 0 fully saturated rings. The molecule has 0 atom stereocenters. The lowest BCUT2D eigenvalue weighted by Crippen LogP contribution is -2.13. The van der Waals surface area contributed by atoms with Crippen molar-refractivity contribution in [3.8, 4) is 0 Å². The van der Waals surface area contributed by atoms with Gasteiger partial charge in [-0.25, -0.2) is 4.39 Å². The van der Waals surface area contributed by atoms with Crippen LogP contribution in [0.2, 0.25) is 0 Å². The second-order valence-corrected chi connectivity index (χ2v) is 8.25. The first-order valence-corrected chi connectivity index (χ1v) is 10.1. The van der Waals surface area contributed by atoms with E-state index in [1.807, 2.05) is 19.9 Å². The van der Waals surface area contributed by atoms with Gasteiger partial charge in [0, 0.05) is 11.3 Å². The molecule has 0 unspecified atom stereocenters. The van der Waals surface area contributed by atoms with Crippen molar-refractivity contribution in [3.05, 3.63) is 65.0 Å². The van der Waals surface area contributed by atoms with Crippen molar-refractivity contribution in [2.45, 2.75) is 18.2 Å². The molecule has 0 radical (unpaired) electrons. The summed E-state index contributed by atoms with van der Waals surface area (Å²) in [6.07, 6.45) is 0. The van der Waals surface area contributed by atoms with Gasteiger partial charge in [0.2, 0.25) is 11.0 Å². The largest absolute Gasteiger partial charge is 0.325 e. The first-order chi connectivity index (χ1) is 13.4. The molecule has 1 aromatic heterocycles. The average molecular weight is 417 g/mol. The Balaban J connectivity index is 1.53. The minimum atomic E-state index is -0.364. The van der Waals surface area contributed by atoms with Gasteiger partial charge in [0.15, 0.2) is 4.34 Å². The Hall–Kier alpha value is -2.78. The molecule has 9 heteroatoms. The maximum Gasteiger partial charge on any atom is 0.257 e. The molecule has 6 nitrogen and oxygen atoms in total. The Morgan fingerprint density at radius 3 is 2.39 bits per heavy atom. The molecule has 3 aromatic rings. The number of halogens is 1. The summed E-state index contributed by atoms with van der Waals surface area (Å²) in [6.45, 7) is 3.86. The maximum absolute atomic E-state index is 12.9. The van der Waals surface area contributed by atoms with Crippen LogP contribution in [0.4, 0.5) is 15.2 Å². The zero-order valence-electron chi connectivity index (χ0n) is 15.2. The number of thioether (sulfide) groups is 1. The molecule has 0 spiro atoms. The van der Waals surface area contributed by atoms with Crippen molar-refractivity contribution in [1.82, 2.24) is 10.2 Å². The van der Waals surface area contributed by atoms with Gasteiger partial charge in [0.25, 0.3) is 5.91 Å². The van der Waals surface area contributed by atoms with Gasteiger partial charge in [-0.2, -0.15) is 0 Å². The quantitative estimate of drug-likeness (QED) is 0.463. The van der Waals surface area contributed by atoms with Crippen molar-refractivity contribution in [2.24, 2.45) is 0 Å². The third kappa shape index (κ3) is 5.61. The van der Waals surface area contributed by atoms with Crippen LogP contribution in [0.25, 0.3) is 0 Å². The van der Waals surface area contributed by atoms with Crippen LogP contribution in [0, 0.1) is 19.7 Å². The fraction of sp³-hybridized carbons (Fsp3) is 0.158. The van der Waals surface area contributed by atoms with Gasteiger partial charge < -0.3 is 5.32 Å². The normalized spacial score (nSPS) is 10.5. The number of nitrogens with zero attached hydrogens (tertiary/aromatic N) is 2. The third-order valence-electron chi connectivity index (χ3n) is 3.57. The molecule has 0 aliphatic carbocycles. The van der Waals surface area contributed by atoms with Gasteiger partial charge in [0.1, 0.15) is 5.82 Å². The van der Waals surface area contributed by atoms with Crippen LogP contribution in [0.1, 0.15) is 21.5 Å². The molecule has 2 N–H and O–H groups in total. The summed E-state index contributed by atoms with van der Waals surface area (Å²) in [4.78, 5) is 24.3. The Labute approximate surface area is 169 Å². The summed E-state index contributed by atoms with van der Waals surface area (Å²) >= 11 is 2.40. The first kappa shape index (κ1) is 20.0. The number of benzene rings is 2. The molecule has 0 saturated carbocycles. The van der Waals surface area contributed by atoms with Crippen LogP contribution in [0.5, 0.6) is 0 Å². The average Bonchev–Trinajstić information content (AvgIpc) is 3.08. The predicted octanol–water partition coefficient (Wildman–Crippen LogP) is 4.28. The van der Waals surface area contributed by atoms with Crippen LogP contribution in [0.15, 0.2) is 46.8 Å². The number of aryl methyl sites for hydroxylation is 2. The summed E-state index contributed by atoms with van der Waals surface area (Å²) < 4.78 is 13.4. The third-order valence-corrected chi connectivity index (χ3v) is 5.54. The standard InChI is InChI=1S/C19H17FN4O2S2/c1-11-7-12(2)9-13(8-11)17(26)22-18-23-24-19(28-18)27-10-16(25)21-15-5-3-14(20)4-6-15/h3-9H,10H2,1-2H3,(H,21,25)(H,22,23,26). The zero-order valence-corrected chi connectivity index (χ0v) is 16.8. The second kappa shape index (κ2) is 8.94. The fourth-order valence-electron chi connectivity index (χ4n) is 2.45. The lowest BCUT2D eigenvalue weighted by Gasteiger charge is -2.04. The Morgan fingerprint density at radius 1 is 1.04 bits per heavy atom.